The smallest absolute Gasteiger partial charge is 0.407 e. The van der Waals surface area contributed by atoms with E-state index in [2.05, 4.69) is 5.32 Å². The Hall–Kier alpha value is -2.90. The minimum Gasteiger partial charge on any atom is -0.444 e. The number of amides is 3. The van der Waals surface area contributed by atoms with Gasteiger partial charge in [-0.05, 0) is 76.8 Å². The summed E-state index contributed by atoms with van der Waals surface area (Å²) < 4.78 is 5.31. The number of nitrogens with zero attached hydrogens (tertiary/aromatic N) is 1. The first-order valence-electron chi connectivity index (χ1n) is 10.8. The van der Waals surface area contributed by atoms with Gasteiger partial charge in [0.25, 0.3) is 11.8 Å². The fourth-order valence-electron chi connectivity index (χ4n) is 4.82. The van der Waals surface area contributed by atoms with Crippen LogP contribution in [0.5, 0.6) is 0 Å². The zero-order chi connectivity index (χ0) is 22.4. The Kier molecular flexibility index (Phi) is 5.27. The highest BCUT2D eigenvalue weighted by Gasteiger charge is 2.51. The molecule has 2 aliphatic carbocycles. The molecule has 1 aromatic carbocycles. The Bertz CT molecular complexity index is 883. The van der Waals surface area contributed by atoms with Gasteiger partial charge in [-0.1, -0.05) is 17.2 Å². The average Bonchev–Trinajstić information content (AvgIpc) is 2.90. The van der Waals surface area contributed by atoms with Gasteiger partial charge >= 0.3 is 12.1 Å². The van der Waals surface area contributed by atoms with Crippen molar-refractivity contribution in [2.24, 2.45) is 11.3 Å². The molecule has 166 valence electrons. The van der Waals surface area contributed by atoms with E-state index in [9.17, 15) is 19.2 Å². The molecule has 0 unspecified atom stereocenters. The lowest BCUT2D eigenvalue weighted by atomic mass is 9.55. The van der Waals surface area contributed by atoms with Gasteiger partial charge in [0.2, 0.25) is 0 Å². The number of carbonyl (C=O) groups excluding carboxylic acids is 4. The van der Waals surface area contributed by atoms with Crippen LogP contribution in [-0.4, -0.2) is 40.6 Å². The number of hydrogen-bond acceptors (Lipinski definition) is 6. The van der Waals surface area contributed by atoms with Crippen molar-refractivity contribution in [3.05, 3.63) is 35.4 Å². The second-order valence-electron chi connectivity index (χ2n) is 9.89. The van der Waals surface area contributed by atoms with Crippen molar-refractivity contribution < 1.29 is 28.8 Å². The number of alkyl carbamates (subject to hydrolysis) is 1. The van der Waals surface area contributed by atoms with Gasteiger partial charge in [-0.15, -0.1) is 0 Å². The maximum absolute atomic E-state index is 12.6. The van der Waals surface area contributed by atoms with Gasteiger partial charge in [0.05, 0.1) is 17.0 Å². The van der Waals surface area contributed by atoms with Crippen LogP contribution in [0.1, 0.15) is 80.0 Å². The Labute approximate surface area is 181 Å². The van der Waals surface area contributed by atoms with Crippen LogP contribution >= 0.6 is 0 Å². The highest BCUT2D eigenvalue weighted by molar-refractivity contribution is 6.20. The van der Waals surface area contributed by atoms with E-state index in [0.717, 1.165) is 25.7 Å². The Morgan fingerprint density at radius 2 is 1.58 bits per heavy atom. The number of nitrogens with one attached hydrogen (secondary N) is 1. The van der Waals surface area contributed by atoms with Gasteiger partial charge in [-0.3, -0.25) is 9.59 Å². The highest BCUT2D eigenvalue weighted by atomic mass is 16.7. The molecule has 2 saturated carbocycles. The predicted octanol–water partition coefficient (Wildman–Crippen LogP) is 3.60. The molecule has 4 rings (SSSR count). The zero-order valence-corrected chi connectivity index (χ0v) is 18.1. The normalized spacial score (nSPS) is 27.5. The van der Waals surface area contributed by atoms with E-state index in [1.54, 1.807) is 24.3 Å². The van der Waals surface area contributed by atoms with Crippen LogP contribution in [0.3, 0.4) is 0 Å². The maximum Gasteiger partial charge on any atom is 0.407 e. The summed E-state index contributed by atoms with van der Waals surface area (Å²) in [6.45, 7) is 5.49. The summed E-state index contributed by atoms with van der Waals surface area (Å²) in [5, 5.41) is 3.51. The number of rotatable bonds is 3. The first-order chi connectivity index (χ1) is 14.6. The topological polar surface area (TPSA) is 102 Å². The molecule has 0 atom stereocenters. The minimum absolute atomic E-state index is 0.0673. The number of carbonyl (C=O) groups is 4. The quantitative estimate of drug-likeness (QED) is 0.738. The zero-order valence-electron chi connectivity index (χ0n) is 18.1. The van der Waals surface area contributed by atoms with Crippen LogP contribution in [0.4, 0.5) is 4.79 Å². The van der Waals surface area contributed by atoms with Crippen LogP contribution in [0.2, 0.25) is 0 Å². The summed E-state index contributed by atoms with van der Waals surface area (Å²) in [4.78, 5) is 54.4. The maximum atomic E-state index is 12.6. The third-order valence-corrected chi connectivity index (χ3v) is 6.40. The van der Waals surface area contributed by atoms with Gasteiger partial charge in [0.15, 0.2) is 0 Å². The molecule has 1 spiro atoms. The molecule has 0 radical (unpaired) electrons. The second-order valence-corrected chi connectivity index (χ2v) is 9.89. The summed E-state index contributed by atoms with van der Waals surface area (Å²) in [5.74, 6) is -2.05. The van der Waals surface area contributed by atoms with Gasteiger partial charge in [0.1, 0.15) is 5.60 Å². The van der Waals surface area contributed by atoms with E-state index in [4.69, 9.17) is 9.57 Å². The first-order valence-corrected chi connectivity index (χ1v) is 10.8. The number of imide groups is 1. The Balaban J connectivity index is 1.25. The van der Waals surface area contributed by atoms with E-state index in [0.29, 0.717) is 17.9 Å². The molecule has 3 amide bonds. The van der Waals surface area contributed by atoms with Crippen molar-refractivity contribution in [3.63, 3.8) is 0 Å². The summed E-state index contributed by atoms with van der Waals surface area (Å²) in [5.41, 5.74) is 0.0427. The van der Waals surface area contributed by atoms with Gasteiger partial charge < -0.3 is 14.9 Å². The summed E-state index contributed by atoms with van der Waals surface area (Å²) in [6.07, 6.45) is 4.43. The molecule has 8 nitrogen and oxygen atoms in total. The van der Waals surface area contributed by atoms with Crippen molar-refractivity contribution in [1.82, 2.24) is 10.4 Å². The van der Waals surface area contributed by atoms with E-state index >= 15 is 0 Å². The van der Waals surface area contributed by atoms with E-state index in [1.165, 1.54) is 0 Å². The number of hydrogen-bond donors (Lipinski definition) is 1. The molecule has 3 aliphatic rings. The van der Waals surface area contributed by atoms with Crippen molar-refractivity contribution in [1.29, 1.82) is 0 Å². The lowest BCUT2D eigenvalue weighted by molar-refractivity contribution is -0.183. The Morgan fingerprint density at radius 1 is 1.03 bits per heavy atom. The fourth-order valence-corrected chi connectivity index (χ4v) is 4.82. The second kappa shape index (κ2) is 7.66. The molecular weight excluding hydrogens is 400 g/mol. The largest absolute Gasteiger partial charge is 0.444 e. The van der Waals surface area contributed by atoms with Crippen molar-refractivity contribution in [2.75, 3.05) is 0 Å². The van der Waals surface area contributed by atoms with Gasteiger partial charge in [-0.25, -0.2) is 9.59 Å². The fraction of sp³-hybridized carbons (Fsp3) is 0.565. The molecule has 1 aliphatic heterocycles. The summed E-state index contributed by atoms with van der Waals surface area (Å²) >= 11 is 0. The highest BCUT2D eigenvalue weighted by Crippen LogP contribution is 2.55. The number of hydroxylamine groups is 2. The summed E-state index contributed by atoms with van der Waals surface area (Å²) in [7, 11) is 0. The molecule has 1 heterocycles. The molecule has 1 N–H and O–H groups in total. The van der Waals surface area contributed by atoms with Crippen LogP contribution in [-0.2, 0) is 14.4 Å². The van der Waals surface area contributed by atoms with Crippen molar-refractivity contribution >= 4 is 23.9 Å². The molecular formula is C23H28N2O6. The minimum atomic E-state index is -0.600. The summed E-state index contributed by atoms with van der Waals surface area (Å²) in [6, 6.07) is 6.50. The average molecular weight is 428 g/mol. The number of ether oxygens (including phenoxy) is 1. The molecule has 0 bridgehead atoms. The number of benzene rings is 1. The molecule has 0 aromatic heterocycles. The monoisotopic (exact) mass is 428 g/mol. The van der Waals surface area contributed by atoms with E-state index < -0.39 is 29.5 Å². The van der Waals surface area contributed by atoms with Crippen LogP contribution in [0.15, 0.2) is 24.3 Å². The van der Waals surface area contributed by atoms with E-state index in [-0.39, 0.29) is 28.5 Å². The van der Waals surface area contributed by atoms with Crippen LogP contribution in [0, 0.1) is 11.3 Å². The molecule has 8 heteroatoms. The van der Waals surface area contributed by atoms with Gasteiger partial charge in [-0.2, -0.15) is 0 Å². The third-order valence-electron chi connectivity index (χ3n) is 6.40. The van der Waals surface area contributed by atoms with Crippen LogP contribution in [0.25, 0.3) is 0 Å². The molecule has 1 aromatic rings. The first kappa shape index (κ1) is 21.3. The lowest BCUT2D eigenvalue weighted by Gasteiger charge is -2.50. The predicted molar refractivity (Wildman–Crippen MR) is 110 cm³/mol. The lowest BCUT2D eigenvalue weighted by Crippen LogP contribution is -2.49. The van der Waals surface area contributed by atoms with Crippen molar-refractivity contribution in [3.8, 4) is 0 Å². The van der Waals surface area contributed by atoms with Crippen LogP contribution < -0.4 is 5.32 Å². The van der Waals surface area contributed by atoms with Crippen molar-refractivity contribution in [2.45, 2.75) is 70.9 Å². The Morgan fingerprint density at radius 3 is 2.10 bits per heavy atom. The number of fused-ring (bicyclic) bond motifs is 1. The SMILES string of the molecule is CC(C)(C)OC(=O)NC1CCC2(CC1)CC(C(=O)ON1C(=O)c3ccccc3C1=O)C2. The van der Waals surface area contributed by atoms with Gasteiger partial charge in [0, 0.05) is 6.04 Å². The molecule has 2 fully saturated rings. The molecule has 31 heavy (non-hydrogen) atoms. The molecule has 0 saturated heterocycles. The third kappa shape index (κ3) is 4.29. The standard InChI is InChI=1S/C23H28N2O6/c1-22(2,3)30-21(29)24-15-8-10-23(11-9-15)12-14(13-23)20(28)31-25-18(26)16-6-4-5-7-17(16)19(25)27/h4-7,14-15H,8-13H2,1-3H3,(H,24,29). The van der Waals surface area contributed by atoms with E-state index in [1.807, 2.05) is 20.8 Å².